The van der Waals surface area contributed by atoms with Crippen LogP contribution in [0.2, 0.25) is 5.02 Å². The monoisotopic (exact) mass is 372 g/mol. The molecule has 1 aliphatic heterocycles. The average Bonchev–Trinajstić information content (AvgIpc) is 3.05. The highest BCUT2D eigenvalue weighted by molar-refractivity contribution is 7.71. The van der Waals surface area contributed by atoms with Gasteiger partial charge in [0.2, 0.25) is 0 Å². The predicted octanol–water partition coefficient (Wildman–Crippen LogP) is 4.84. The fourth-order valence-corrected chi connectivity index (χ4v) is 3.11. The van der Waals surface area contributed by atoms with Crippen molar-refractivity contribution >= 4 is 35.0 Å². The van der Waals surface area contributed by atoms with Gasteiger partial charge in [-0.1, -0.05) is 42.8 Å². The highest BCUT2D eigenvalue weighted by Gasteiger charge is 2.10. The maximum absolute atomic E-state index is 5.87. The number of pyridine rings is 1. The molecule has 0 amide bonds. The van der Waals surface area contributed by atoms with E-state index in [1.807, 2.05) is 40.9 Å². The zero-order valence-corrected chi connectivity index (χ0v) is 15.7. The molecule has 0 saturated heterocycles. The van der Waals surface area contributed by atoms with Gasteiger partial charge in [-0.25, -0.2) is 0 Å². The average molecular weight is 373 g/mol. The molecule has 4 nitrogen and oxygen atoms in total. The summed E-state index contributed by atoms with van der Waals surface area (Å²) in [5.74, 6) is 0. The Labute approximate surface area is 157 Å². The molecule has 3 heterocycles. The van der Waals surface area contributed by atoms with Crippen molar-refractivity contribution in [2.45, 2.75) is 13.3 Å². The topological polar surface area (TPSA) is 36.3 Å². The summed E-state index contributed by atoms with van der Waals surface area (Å²) >= 11 is 10.8. The lowest BCUT2D eigenvalue weighted by atomic mass is 10.00. The third-order valence-electron chi connectivity index (χ3n) is 4.28. The normalized spacial score (nSPS) is 14.7. The van der Waals surface area contributed by atoms with E-state index in [0.717, 1.165) is 30.2 Å². The van der Waals surface area contributed by atoms with Crippen molar-refractivity contribution in [1.82, 2.24) is 19.5 Å². The number of benzene rings is 1. The zero-order valence-electron chi connectivity index (χ0n) is 14.2. The molecule has 3 aromatic rings. The molecule has 0 spiro atoms. The van der Waals surface area contributed by atoms with E-state index < -0.39 is 0 Å². The van der Waals surface area contributed by atoms with E-state index in [9.17, 15) is 0 Å². The number of fused-ring (bicyclic) bond motifs is 1. The summed E-state index contributed by atoms with van der Waals surface area (Å²) in [4.78, 5) is 2.44. The minimum absolute atomic E-state index is 0.635. The van der Waals surface area contributed by atoms with Gasteiger partial charge in [0.15, 0.2) is 10.4 Å². The van der Waals surface area contributed by atoms with Crippen LogP contribution in [-0.2, 0) is 0 Å². The minimum Gasteiger partial charge on any atom is -0.300 e. The van der Waals surface area contributed by atoms with Gasteiger partial charge in [0, 0.05) is 24.3 Å². The number of likely N-dealkylation sites (N-methyl/N-ethyl adjacent to an activating group) is 1. The number of halogens is 1. The first-order chi connectivity index (χ1) is 12.2. The molecule has 0 radical (unpaired) electrons. The lowest BCUT2D eigenvalue weighted by Gasteiger charge is -2.24. The molecule has 0 saturated carbocycles. The molecule has 0 atom stereocenters. The number of aromatic amines is 1. The van der Waals surface area contributed by atoms with Crippen molar-refractivity contribution in [3.8, 4) is 0 Å². The second kappa shape index (κ2) is 8.43. The Bertz CT molecular complexity index is 911. The van der Waals surface area contributed by atoms with E-state index in [2.05, 4.69) is 40.2 Å². The van der Waals surface area contributed by atoms with Crippen molar-refractivity contribution in [1.29, 1.82) is 0 Å². The highest BCUT2D eigenvalue weighted by atomic mass is 35.5. The lowest BCUT2D eigenvalue weighted by molar-refractivity contribution is 0.319. The molecule has 2 aromatic heterocycles. The van der Waals surface area contributed by atoms with Crippen LogP contribution in [0.1, 0.15) is 18.9 Å². The third-order valence-corrected chi connectivity index (χ3v) is 4.82. The van der Waals surface area contributed by atoms with Crippen molar-refractivity contribution in [2.75, 3.05) is 19.6 Å². The second-order valence-corrected chi connectivity index (χ2v) is 6.66. The minimum atomic E-state index is 0.635. The fourth-order valence-electron chi connectivity index (χ4n) is 2.78. The smallest absolute Gasteiger partial charge is 0.199 e. The largest absolute Gasteiger partial charge is 0.300 e. The maximum atomic E-state index is 5.87. The predicted molar refractivity (Wildman–Crippen MR) is 107 cm³/mol. The van der Waals surface area contributed by atoms with E-state index in [1.165, 1.54) is 17.7 Å². The molecule has 4 rings (SSSR count). The number of H-pyrrole nitrogens is 1. The zero-order chi connectivity index (χ0) is 17.6. The second-order valence-electron chi connectivity index (χ2n) is 5.84. The van der Waals surface area contributed by atoms with Gasteiger partial charge >= 0.3 is 0 Å². The molecule has 1 aliphatic rings. The lowest BCUT2D eigenvalue weighted by Crippen LogP contribution is -2.27. The summed E-state index contributed by atoms with van der Waals surface area (Å²) in [5, 5.41) is 7.47. The molecule has 0 bridgehead atoms. The van der Waals surface area contributed by atoms with Gasteiger partial charge in [0.25, 0.3) is 0 Å². The van der Waals surface area contributed by atoms with Crippen molar-refractivity contribution in [3.05, 3.63) is 70.1 Å². The summed E-state index contributed by atoms with van der Waals surface area (Å²) in [7, 11) is 0. The summed E-state index contributed by atoms with van der Waals surface area (Å²) in [6, 6.07) is 13.9. The number of hydrogen-bond acceptors (Lipinski definition) is 3. The van der Waals surface area contributed by atoms with E-state index in [4.69, 9.17) is 23.8 Å². The van der Waals surface area contributed by atoms with Gasteiger partial charge < -0.3 is 0 Å². The summed E-state index contributed by atoms with van der Waals surface area (Å²) in [5.41, 5.74) is 3.62. The van der Waals surface area contributed by atoms with Crippen LogP contribution in [0, 0.1) is 4.77 Å². The van der Waals surface area contributed by atoms with Crippen LogP contribution in [0.25, 0.3) is 11.2 Å². The first-order valence-electron chi connectivity index (χ1n) is 8.36. The molecule has 6 heteroatoms. The Kier molecular flexibility index (Phi) is 6.02. The molecule has 130 valence electrons. The number of nitrogens with zero attached hydrogens (tertiary/aromatic N) is 3. The Morgan fingerprint density at radius 3 is 2.64 bits per heavy atom. The van der Waals surface area contributed by atoms with Gasteiger partial charge in [0.1, 0.15) is 0 Å². The molecule has 0 unspecified atom stereocenters. The summed E-state index contributed by atoms with van der Waals surface area (Å²) < 4.78 is 2.45. The van der Waals surface area contributed by atoms with Crippen LogP contribution in [-0.4, -0.2) is 39.1 Å². The third kappa shape index (κ3) is 4.57. The van der Waals surface area contributed by atoms with Gasteiger partial charge in [-0.05, 0) is 60.6 Å². The standard InChI is InChI=1S/C13H16ClN.C6H5N3S/c1-2-15-9-7-12(8-10-15)11-3-5-13(14)6-4-11;10-6-8-7-5-3-1-2-4-9(5)6/h3-7H,2,8-10H2,1H3;1-4H,(H,8,10). The van der Waals surface area contributed by atoms with E-state index in [-0.39, 0.29) is 0 Å². The van der Waals surface area contributed by atoms with Gasteiger partial charge in [0.05, 0.1) is 0 Å². The van der Waals surface area contributed by atoms with Crippen LogP contribution < -0.4 is 0 Å². The Balaban J connectivity index is 0.000000157. The summed E-state index contributed by atoms with van der Waals surface area (Å²) in [6.45, 7) is 5.60. The van der Waals surface area contributed by atoms with Gasteiger partial charge in [-0.15, -0.1) is 0 Å². The molecular weight excluding hydrogens is 352 g/mol. The molecule has 1 N–H and O–H groups in total. The van der Waals surface area contributed by atoms with E-state index >= 15 is 0 Å². The van der Waals surface area contributed by atoms with Crippen LogP contribution >= 0.6 is 23.8 Å². The molecule has 1 aromatic carbocycles. The van der Waals surface area contributed by atoms with Crippen molar-refractivity contribution in [2.24, 2.45) is 0 Å². The fraction of sp³-hybridized carbons (Fsp3) is 0.263. The number of nitrogens with one attached hydrogen (secondary N) is 1. The van der Waals surface area contributed by atoms with Crippen LogP contribution in [0.3, 0.4) is 0 Å². The SMILES string of the molecule is CCN1CC=C(c2ccc(Cl)cc2)CC1.S=c1[nH]nc2ccccn12. The number of rotatable bonds is 2. The molecular formula is C19H21ClN4S. The molecule has 0 fully saturated rings. The van der Waals surface area contributed by atoms with Crippen LogP contribution in [0.4, 0.5) is 0 Å². The van der Waals surface area contributed by atoms with E-state index in [1.54, 1.807) is 0 Å². The molecule has 0 aliphatic carbocycles. The number of aromatic nitrogens is 3. The Hall–Kier alpha value is -1.95. The Morgan fingerprint density at radius 1 is 1.20 bits per heavy atom. The van der Waals surface area contributed by atoms with Crippen molar-refractivity contribution < 1.29 is 0 Å². The highest BCUT2D eigenvalue weighted by Crippen LogP contribution is 2.23. The first-order valence-corrected chi connectivity index (χ1v) is 9.15. The van der Waals surface area contributed by atoms with Crippen LogP contribution in [0.15, 0.2) is 54.7 Å². The number of hydrogen-bond donors (Lipinski definition) is 1. The van der Waals surface area contributed by atoms with E-state index in [0.29, 0.717) is 4.77 Å². The van der Waals surface area contributed by atoms with Gasteiger partial charge in [-0.2, -0.15) is 5.10 Å². The first kappa shape index (κ1) is 17.9. The quantitative estimate of drug-likeness (QED) is 0.654. The van der Waals surface area contributed by atoms with Crippen molar-refractivity contribution in [3.63, 3.8) is 0 Å². The van der Waals surface area contributed by atoms with Crippen LogP contribution in [0.5, 0.6) is 0 Å². The Morgan fingerprint density at radius 2 is 2.00 bits per heavy atom. The van der Waals surface area contributed by atoms with Gasteiger partial charge in [-0.3, -0.25) is 14.4 Å². The maximum Gasteiger partial charge on any atom is 0.199 e. The summed E-state index contributed by atoms with van der Waals surface area (Å²) in [6.07, 6.45) is 5.35. The molecule has 25 heavy (non-hydrogen) atoms.